The second kappa shape index (κ2) is 5.00. The van der Waals surface area contributed by atoms with Gasteiger partial charge in [-0.1, -0.05) is 13.3 Å². The fourth-order valence-electron chi connectivity index (χ4n) is 1.88. The van der Waals surface area contributed by atoms with E-state index in [1.54, 1.807) is 0 Å². The Kier molecular flexibility index (Phi) is 3.57. The highest BCUT2D eigenvalue weighted by molar-refractivity contribution is 7.21. The first-order valence-electron chi connectivity index (χ1n) is 6.01. The lowest BCUT2D eigenvalue weighted by atomic mass is 10.1. The first-order valence-corrected chi connectivity index (χ1v) is 6.83. The summed E-state index contributed by atoms with van der Waals surface area (Å²) in [7, 11) is 3.76. The van der Waals surface area contributed by atoms with E-state index in [0.717, 1.165) is 23.9 Å². The van der Waals surface area contributed by atoms with E-state index < -0.39 is 5.91 Å². The molecule has 7 heteroatoms. The van der Waals surface area contributed by atoms with Gasteiger partial charge in [0.2, 0.25) is 5.95 Å². The summed E-state index contributed by atoms with van der Waals surface area (Å²) in [4.78, 5) is 23.2. The van der Waals surface area contributed by atoms with Crippen LogP contribution >= 0.6 is 11.3 Å². The van der Waals surface area contributed by atoms with Gasteiger partial charge in [0.15, 0.2) is 0 Å². The number of nitrogen functional groups attached to an aromatic ring is 1. The number of aromatic nitrogens is 2. The van der Waals surface area contributed by atoms with Crippen molar-refractivity contribution in [2.24, 2.45) is 5.73 Å². The molecule has 0 fully saturated rings. The van der Waals surface area contributed by atoms with E-state index in [-0.39, 0.29) is 0 Å². The number of fused-ring (bicyclic) bond motifs is 1. The number of carbonyl (C=O) groups excluding carboxylic acids is 1. The molecule has 2 heterocycles. The fourth-order valence-corrected chi connectivity index (χ4v) is 2.85. The molecule has 1 amide bonds. The Balaban J connectivity index is 2.76. The summed E-state index contributed by atoms with van der Waals surface area (Å²) in [5.41, 5.74) is 12.6. The van der Waals surface area contributed by atoms with Gasteiger partial charge < -0.3 is 16.4 Å². The number of rotatable bonds is 4. The van der Waals surface area contributed by atoms with Crippen molar-refractivity contribution in [3.8, 4) is 0 Å². The van der Waals surface area contributed by atoms with E-state index in [9.17, 15) is 4.79 Å². The fraction of sp³-hybridized carbons (Fsp3) is 0.417. The zero-order chi connectivity index (χ0) is 14.2. The summed E-state index contributed by atoms with van der Waals surface area (Å²) in [6, 6.07) is 0. The molecule has 0 aromatic carbocycles. The largest absolute Gasteiger partial charge is 0.397 e. The van der Waals surface area contributed by atoms with E-state index in [0.29, 0.717) is 21.3 Å². The molecule has 2 aromatic heterocycles. The Hall–Kier alpha value is -1.89. The smallest absolute Gasteiger partial charge is 0.260 e. The lowest BCUT2D eigenvalue weighted by molar-refractivity contribution is 0.100. The lowest BCUT2D eigenvalue weighted by Gasteiger charge is -2.12. The summed E-state index contributed by atoms with van der Waals surface area (Å²) >= 11 is 1.23. The molecule has 0 spiro atoms. The van der Waals surface area contributed by atoms with Gasteiger partial charge in [0.25, 0.3) is 5.91 Å². The molecular formula is C12H17N5OS. The zero-order valence-electron chi connectivity index (χ0n) is 11.2. The molecule has 0 aliphatic heterocycles. The SMILES string of the molecule is CCCc1nc(N(C)C)nc2sc(C(N)=O)c(N)c12. The first-order chi connectivity index (χ1) is 8.95. The van der Waals surface area contributed by atoms with Crippen molar-refractivity contribution in [2.75, 3.05) is 24.7 Å². The summed E-state index contributed by atoms with van der Waals surface area (Å²) in [5.74, 6) is 0.0996. The Labute approximate surface area is 115 Å². The summed E-state index contributed by atoms with van der Waals surface area (Å²) in [5, 5.41) is 0.770. The molecule has 0 saturated carbocycles. The highest BCUT2D eigenvalue weighted by Gasteiger charge is 2.19. The van der Waals surface area contributed by atoms with Crippen molar-refractivity contribution in [3.63, 3.8) is 0 Å². The molecule has 0 aliphatic carbocycles. The number of nitrogens with zero attached hydrogens (tertiary/aromatic N) is 3. The van der Waals surface area contributed by atoms with Gasteiger partial charge in [0.05, 0.1) is 16.8 Å². The van der Waals surface area contributed by atoms with Crippen LogP contribution in [0.1, 0.15) is 28.7 Å². The van der Waals surface area contributed by atoms with Gasteiger partial charge in [-0.25, -0.2) is 9.97 Å². The van der Waals surface area contributed by atoms with Crippen LogP contribution in [-0.2, 0) is 6.42 Å². The molecule has 2 rings (SSSR count). The standard InChI is InChI=1S/C12H17N5OS/c1-4-5-6-7-8(13)9(10(14)18)19-11(7)16-12(15-6)17(2)3/h4-5,13H2,1-3H3,(H2,14,18). The van der Waals surface area contributed by atoms with Crippen LogP contribution in [0.25, 0.3) is 10.2 Å². The molecular weight excluding hydrogens is 262 g/mol. The van der Waals surface area contributed by atoms with Crippen LogP contribution in [0, 0.1) is 0 Å². The van der Waals surface area contributed by atoms with Gasteiger partial charge >= 0.3 is 0 Å². The predicted molar refractivity (Wildman–Crippen MR) is 78.7 cm³/mol. The highest BCUT2D eigenvalue weighted by atomic mass is 32.1. The number of hydrogen-bond donors (Lipinski definition) is 2. The number of anilines is 2. The van der Waals surface area contributed by atoms with Crippen LogP contribution in [0.5, 0.6) is 0 Å². The third-order valence-electron chi connectivity index (χ3n) is 2.76. The van der Waals surface area contributed by atoms with Crippen LogP contribution in [0.4, 0.5) is 11.6 Å². The van der Waals surface area contributed by atoms with Gasteiger partial charge in [0.1, 0.15) is 9.71 Å². The molecule has 0 saturated heterocycles. The van der Waals surface area contributed by atoms with E-state index >= 15 is 0 Å². The second-order valence-electron chi connectivity index (χ2n) is 4.50. The lowest BCUT2D eigenvalue weighted by Crippen LogP contribution is -2.14. The predicted octanol–water partition coefficient (Wildman–Crippen LogP) is 1.39. The van der Waals surface area contributed by atoms with Gasteiger partial charge in [-0.05, 0) is 6.42 Å². The number of nitrogens with two attached hydrogens (primary N) is 2. The molecule has 6 nitrogen and oxygen atoms in total. The van der Waals surface area contributed by atoms with E-state index in [2.05, 4.69) is 16.9 Å². The molecule has 4 N–H and O–H groups in total. The maximum Gasteiger partial charge on any atom is 0.260 e. The number of primary amides is 1. The average Bonchev–Trinajstić information content (AvgIpc) is 2.67. The van der Waals surface area contributed by atoms with Crippen molar-refractivity contribution in [2.45, 2.75) is 19.8 Å². The van der Waals surface area contributed by atoms with Crippen LogP contribution in [-0.4, -0.2) is 30.0 Å². The number of carbonyl (C=O) groups is 1. The molecule has 0 atom stereocenters. The Morgan fingerprint density at radius 2 is 2.05 bits per heavy atom. The maximum atomic E-state index is 11.4. The summed E-state index contributed by atoms with van der Waals surface area (Å²) in [6.45, 7) is 2.07. The Morgan fingerprint density at radius 1 is 1.37 bits per heavy atom. The van der Waals surface area contributed by atoms with Crippen LogP contribution in [0.2, 0.25) is 0 Å². The van der Waals surface area contributed by atoms with Crippen LogP contribution < -0.4 is 16.4 Å². The minimum atomic E-state index is -0.519. The van der Waals surface area contributed by atoms with Gasteiger partial charge in [-0.2, -0.15) is 0 Å². The van der Waals surface area contributed by atoms with Crippen molar-refractivity contribution < 1.29 is 4.79 Å². The molecule has 0 radical (unpaired) electrons. The van der Waals surface area contributed by atoms with E-state index in [1.807, 2.05) is 19.0 Å². The van der Waals surface area contributed by atoms with Crippen LogP contribution in [0.15, 0.2) is 0 Å². The summed E-state index contributed by atoms with van der Waals surface area (Å²) in [6.07, 6.45) is 1.74. The molecule has 102 valence electrons. The third-order valence-corrected chi connectivity index (χ3v) is 3.88. The minimum Gasteiger partial charge on any atom is -0.397 e. The van der Waals surface area contributed by atoms with Gasteiger partial charge in [-0.15, -0.1) is 11.3 Å². The molecule has 0 bridgehead atoms. The maximum absolute atomic E-state index is 11.4. The van der Waals surface area contributed by atoms with Gasteiger partial charge in [-0.3, -0.25) is 4.79 Å². The minimum absolute atomic E-state index is 0.359. The molecule has 0 aliphatic rings. The third kappa shape index (κ3) is 2.33. The molecule has 19 heavy (non-hydrogen) atoms. The normalized spacial score (nSPS) is 10.9. The van der Waals surface area contributed by atoms with Crippen molar-refractivity contribution >= 4 is 39.1 Å². The quantitative estimate of drug-likeness (QED) is 0.881. The van der Waals surface area contributed by atoms with E-state index in [1.165, 1.54) is 11.3 Å². The zero-order valence-corrected chi connectivity index (χ0v) is 12.0. The monoisotopic (exact) mass is 279 g/mol. The highest BCUT2D eigenvalue weighted by Crippen LogP contribution is 2.35. The average molecular weight is 279 g/mol. The first kappa shape index (κ1) is 13.5. The number of aryl methyl sites for hydroxylation is 1. The molecule has 2 aromatic rings. The number of hydrogen-bond acceptors (Lipinski definition) is 6. The van der Waals surface area contributed by atoms with Crippen molar-refractivity contribution in [1.82, 2.24) is 9.97 Å². The van der Waals surface area contributed by atoms with Gasteiger partial charge in [0, 0.05) is 14.1 Å². The number of amides is 1. The Morgan fingerprint density at radius 3 is 2.58 bits per heavy atom. The van der Waals surface area contributed by atoms with Crippen LogP contribution in [0.3, 0.4) is 0 Å². The van der Waals surface area contributed by atoms with Crippen molar-refractivity contribution in [1.29, 1.82) is 0 Å². The Bertz CT molecular complexity index is 635. The number of thiophene rings is 1. The second-order valence-corrected chi connectivity index (χ2v) is 5.50. The topological polar surface area (TPSA) is 98.1 Å². The summed E-state index contributed by atoms with van der Waals surface area (Å²) < 4.78 is 0. The molecule has 0 unspecified atom stereocenters. The van der Waals surface area contributed by atoms with Crippen molar-refractivity contribution in [3.05, 3.63) is 10.6 Å². The van der Waals surface area contributed by atoms with E-state index in [4.69, 9.17) is 11.5 Å².